The number of benzene rings is 1. The van der Waals surface area contributed by atoms with Crippen molar-refractivity contribution in [3.8, 4) is 0 Å². The van der Waals surface area contributed by atoms with Gasteiger partial charge in [0, 0.05) is 11.4 Å². The molecule has 2 aromatic heterocycles. The summed E-state index contributed by atoms with van der Waals surface area (Å²) in [5.41, 5.74) is 6.31. The van der Waals surface area contributed by atoms with E-state index in [0.717, 1.165) is 4.90 Å². The molecule has 30 heavy (non-hydrogen) atoms. The van der Waals surface area contributed by atoms with Crippen LogP contribution in [0.3, 0.4) is 0 Å². The van der Waals surface area contributed by atoms with Crippen LogP contribution in [-0.2, 0) is 15.0 Å². The molecule has 160 valence electrons. The summed E-state index contributed by atoms with van der Waals surface area (Å²) in [7, 11) is -4.49. The molecule has 1 saturated heterocycles. The fourth-order valence-corrected chi connectivity index (χ4v) is 4.42. The third kappa shape index (κ3) is 4.11. The number of nitrogen functional groups attached to an aromatic ring is 1. The Morgan fingerprint density at radius 2 is 1.93 bits per heavy atom. The van der Waals surface area contributed by atoms with E-state index in [2.05, 4.69) is 15.1 Å². The standard InChI is InChI=1S/C16H18N6O6S2/c17-13-10-14(19-7-18-13)22(21-15(10)29-8-4-2-1-3-5-8)16-12(24)11(23)9(28-16)6-20-30(25,26)27/h1-5,7,9,11-12,16,20,23-24H,6H2,(H2,17,18,19)(H,25,26,27)/t9-,11-,12-,16-/m1/s1. The van der Waals surface area contributed by atoms with Gasteiger partial charge in [-0.2, -0.15) is 18.2 Å². The number of nitrogens with two attached hydrogens (primary N) is 1. The van der Waals surface area contributed by atoms with Gasteiger partial charge in [0.2, 0.25) is 0 Å². The molecule has 0 bridgehead atoms. The van der Waals surface area contributed by atoms with Crippen molar-refractivity contribution in [3.63, 3.8) is 0 Å². The number of ether oxygens (including phenoxy) is 1. The zero-order chi connectivity index (χ0) is 21.5. The lowest BCUT2D eigenvalue weighted by Crippen LogP contribution is -2.39. The summed E-state index contributed by atoms with van der Waals surface area (Å²) in [6.45, 7) is -0.449. The van der Waals surface area contributed by atoms with Crippen molar-refractivity contribution in [1.82, 2.24) is 24.5 Å². The molecule has 3 heterocycles. The van der Waals surface area contributed by atoms with Crippen LogP contribution in [-0.4, -0.2) is 67.8 Å². The Morgan fingerprint density at radius 3 is 2.63 bits per heavy atom. The van der Waals surface area contributed by atoms with Crippen molar-refractivity contribution >= 4 is 38.9 Å². The predicted molar refractivity (Wildman–Crippen MR) is 106 cm³/mol. The van der Waals surface area contributed by atoms with Crippen molar-refractivity contribution in [2.75, 3.05) is 12.3 Å². The first-order chi connectivity index (χ1) is 14.2. The maximum absolute atomic E-state index is 10.9. The molecule has 14 heteroatoms. The lowest BCUT2D eigenvalue weighted by molar-refractivity contribution is -0.0407. The number of nitrogens with one attached hydrogen (secondary N) is 1. The minimum atomic E-state index is -4.49. The van der Waals surface area contributed by atoms with Gasteiger partial charge >= 0.3 is 10.3 Å². The molecule has 0 saturated carbocycles. The molecular weight excluding hydrogens is 436 g/mol. The van der Waals surface area contributed by atoms with Gasteiger partial charge in [0.15, 0.2) is 11.9 Å². The highest BCUT2D eigenvalue weighted by Gasteiger charge is 2.45. The van der Waals surface area contributed by atoms with Gasteiger partial charge in [0.1, 0.15) is 35.5 Å². The van der Waals surface area contributed by atoms with E-state index in [1.807, 2.05) is 35.1 Å². The molecular formula is C16H18N6O6S2. The quantitative estimate of drug-likeness (QED) is 0.304. The zero-order valence-electron chi connectivity index (χ0n) is 15.2. The van der Waals surface area contributed by atoms with E-state index in [1.54, 1.807) is 0 Å². The van der Waals surface area contributed by atoms with Gasteiger partial charge in [0.05, 0.1) is 5.39 Å². The zero-order valence-corrected chi connectivity index (χ0v) is 16.9. The topological polar surface area (TPSA) is 186 Å². The van der Waals surface area contributed by atoms with E-state index in [1.165, 1.54) is 22.8 Å². The van der Waals surface area contributed by atoms with E-state index in [4.69, 9.17) is 15.0 Å². The average molecular weight is 454 g/mol. The van der Waals surface area contributed by atoms with Crippen LogP contribution in [0.15, 0.2) is 46.6 Å². The van der Waals surface area contributed by atoms with Crippen molar-refractivity contribution in [3.05, 3.63) is 36.7 Å². The average Bonchev–Trinajstić information content (AvgIpc) is 3.19. The third-order valence-corrected chi connectivity index (χ3v) is 6.01. The van der Waals surface area contributed by atoms with Gasteiger partial charge in [-0.05, 0) is 12.1 Å². The Bertz CT molecular complexity index is 1160. The molecule has 1 fully saturated rings. The van der Waals surface area contributed by atoms with Crippen LogP contribution in [0, 0.1) is 0 Å². The number of aromatic nitrogens is 4. The second-order valence-corrected chi connectivity index (χ2v) is 8.79. The van der Waals surface area contributed by atoms with Crippen LogP contribution in [0.5, 0.6) is 0 Å². The molecule has 3 aromatic rings. The Labute approximate surface area is 175 Å². The first kappa shape index (κ1) is 20.9. The minimum absolute atomic E-state index is 0.183. The molecule has 6 N–H and O–H groups in total. The molecule has 0 spiro atoms. The summed E-state index contributed by atoms with van der Waals surface area (Å²) in [6.07, 6.45) is -3.94. The number of aliphatic hydroxyl groups is 2. The van der Waals surface area contributed by atoms with Gasteiger partial charge < -0.3 is 20.7 Å². The fourth-order valence-electron chi connectivity index (χ4n) is 3.10. The number of fused-ring (bicyclic) bond motifs is 1. The summed E-state index contributed by atoms with van der Waals surface area (Å²) >= 11 is 1.31. The highest BCUT2D eigenvalue weighted by Crippen LogP contribution is 2.38. The van der Waals surface area contributed by atoms with Crippen LogP contribution < -0.4 is 10.5 Å². The van der Waals surface area contributed by atoms with Gasteiger partial charge in [-0.3, -0.25) is 4.55 Å². The van der Waals surface area contributed by atoms with Crippen molar-refractivity contribution in [1.29, 1.82) is 0 Å². The lowest BCUT2D eigenvalue weighted by atomic mass is 10.1. The van der Waals surface area contributed by atoms with Crippen LogP contribution >= 0.6 is 11.8 Å². The fraction of sp³-hybridized carbons (Fsp3) is 0.312. The second kappa shape index (κ2) is 8.07. The molecule has 4 atom stereocenters. The number of anilines is 1. The molecule has 0 unspecified atom stereocenters. The molecule has 0 amide bonds. The van der Waals surface area contributed by atoms with E-state index >= 15 is 0 Å². The molecule has 1 aliphatic rings. The summed E-state index contributed by atoms with van der Waals surface area (Å²) < 4.78 is 39.4. The largest absolute Gasteiger partial charge is 0.387 e. The Balaban J connectivity index is 1.69. The molecule has 12 nitrogen and oxygen atoms in total. The molecule has 1 aliphatic heterocycles. The smallest absolute Gasteiger partial charge is 0.333 e. The summed E-state index contributed by atoms with van der Waals surface area (Å²) in [5.74, 6) is 0.183. The Kier molecular flexibility index (Phi) is 5.63. The maximum atomic E-state index is 10.9. The van der Waals surface area contributed by atoms with Crippen LogP contribution in [0.1, 0.15) is 6.23 Å². The lowest BCUT2D eigenvalue weighted by Gasteiger charge is -2.15. The first-order valence-corrected chi connectivity index (χ1v) is 11.0. The van der Waals surface area contributed by atoms with Crippen molar-refractivity contribution in [2.24, 2.45) is 0 Å². The highest BCUT2D eigenvalue weighted by atomic mass is 32.2. The van der Waals surface area contributed by atoms with Crippen molar-refractivity contribution < 1.29 is 27.9 Å². The summed E-state index contributed by atoms with van der Waals surface area (Å²) in [6, 6.07) is 9.39. The van der Waals surface area contributed by atoms with Crippen LogP contribution in [0.25, 0.3) is 11.0 Å². The molecule has 1 aromatic carbocycles. The van der Waals surface area contributed by atoms with Gasteiger partial charge in [-0.15, -0.1) is 0 Å². The van der Waals surface area contributed by atoms with Crippen molar-refractivity contribution in [2.45, 2.75) is 34.5 Å². The molecule has 0 radical (unpaired) electrons. The van der Waals surface area contributed by atoms with Gasteiger partial charge in [0.25, 0.3) is 0 Å². The second-order valence-electron chi connectivity index (χ2n) is 6.49. The highest BCUT2D eigenvalue weighted by molar-refractivity contribution is 7.99. The first-order valence-electron chi connectivity index (χ1n) is 8.70. The van der Waals surface area contributed by atoms with E-state index in [9.17, 15) is 18.6 Å². The van der Waals surface area contributed by atoms with Gasteiger partial charge in [-0.25, -0.2) is 14.6 Å². The molecule has 4 rings (SSSR count). The third-order valence-electron chi connectivity index (χ3n) is 4.49. The van der Waals surface area contributed by atoms with E-state index in [-0.39, 0.29) is 11.5 Å². The van der Waals surface area contributed by atoms with Crippen LogP contribution in [0.4, 0.5) is 5.82 Å². The summed E-state index contributed by atoms with van der Waals surface area (Å²) in [5, 5.41) is 26.1. The normalized spacial score (nSPS) is 24.5. The van der Waals surface area contributed by atoms with Gasteiger partial charge in [-0.1, -0.05) is 30.0 Å². The minimum Gasteiger partial charge on any atom is -0.387 e. The predicted octanol–water partition coefficient (Wildman–Crippen LogP) is -0.429. The Morgan fingerprint density at radius 1 is 1.20 bits per heavy atom. The van der Waals surface area contributed by atoms with Crippen LogP contribution in [0.2, 0.25) is 0 Å². The SMILES string of the molecule is Nc1ncnc2c1c(Sc1ccccc1)nn2[C@@H]1O[C@H](CNS(=O)(=O)O)[C@@H](O)[C@H]1O. The number of nitrogens with zero attached hydrogens (tertiary/aromatic N) is 4. The number of aliphatic hydroxyl groups excluding tert-OH is 2. The summed E-state index contributed by atoms with van der Waals surface area (Å²) in [4.78, 5) is 9.07. The van der Waals surface area contributed by atoms with E-state index < -0.39 is 41.4 Å². The monoisotopic (exact) mass is 454 g/mol. The maximum Gasteiger partial charge on any atom is 0.333 e. The van der Waals surface area contributed by atoms with E-state index in [0.29, 0.717) is 10.4 Å². The number of rotatable bonds is 6. The molecule has 0 aliphatic carbocycles. The number of hydrogen-bond acceptors (Lipinski definition) is 10. The number of hydrogen-bond donors (Lipinski definition) is 5. The Hall–Kier alpha value is -2.33.